The molecule has 1 rings (SSSR count). The van der Waals surface area contributed by atoms with Gasteiger partial charge in [-0.25, -0.2) is 0 Å². The van der Waals surface area contributed by atoms with Crippen molar-refractivity contribution in [2.24, 2.45) is 11.1 Å². The van der Waals surface area contributed by atoms with Crippen molar-refractivity contribution in [2.75, 3.05) is 19.6 Å². The van der Waals surface area contributed by atoms with Crippen LogP contribution in [-0.2, 0) is 0 Å². The summed E-state index contributed by atoms with van der Waals surface area (Å²) in [5.74, 6) is 0.323. The lowest BCUT2D eigenvalue weighted by molar-refractivity contribution is 0.135. The molecule has 1 aromatic carbocycles. The molecule has 0 heterocycles. The van der Waals surface area contributed by atoms with Gasteiger partial charge in [-0.05, 0) is 42.6 Å². The van der Waals surface area contributed by atoms with Crippen molar-refractivity contribution in [1.82, 2.24) is 4.90 Å². The van der Waals surface area contributed by atoms with Crippen LogP contribution in [-0.4, -0.2) is 29.6 Å². The van der Waals surface area contributed by atoms with E-state index >= 15 is 0 Å². The second kappa shape index (κ2) is 6.92. The SMILES string of the molecule is CCC(c1ccc(O)cc1)N(CC)CC(C)(C)CN. The van der Waals surface area contributed by atoms with Crippen LogP contribution < -0.4 is 5.73 Å². The van der Waals surface area contributed by atoms with E-state index in [0.717, 1.165) is 19.5 Å². The van der Waals surface area contributed by atoms with Gasteiger partial charge in [0.25, 0.3) is 0 Å². The Bertz CT molecular complexity index is 373. The zero-order chi connectivity index (χ0) is 14.5. The summed E-state index contributed by atoms with van der Waals surface area (Å²) in [4.78, 5) is 2.47. The van der Waals surface area contributed by atoms with Crippen molar-refractivity contribution in [3.05, 3.63) is 29.8 Å². The minimum atomic E-state index is 0.125. The number of aromatic hydroxyl groups is 1. The second-order valence-electron chi connectivity index (χ2n) is 5.95. The molecule has 0 saturated carbocycles. The van der Waals surface area contributed by atoms with E-state index in [1.807, 2.05) is 12.1 Å². The van der Waals surface area contributed by atoms with Crippen molar-refractivity contribution in [2.45, 2.75) is 40.2 Å². The largest absolute Gasteiger partial charge is 0.508 e. The third-order valence-electron chi connectivity index (χ3n) is 3.70. The van der Waals surface area contributed by atoms with E-state index in [4.69, 9.17) is 5.73 Å². The van der Waals surface area contributed by atoms with Crippen molar-refractivity contribution >= 4 is 0 Å². The fourth-order valence-corrected chi connectivity index (χ4v) is 2.46. The average molecular weight is 264 g/mol. The highest BCUT2D eigenvalue weighted by Crippen LogP contribution is 2.28. The second-order valence-corrected chi connectivity index (χ2v) is 5.95. The standard InChI is InChI=1S/C16H28N2O/c1-5-15(13-7-9-14(19)10-8-13)18(6-2)12-16(3,4)11-17/h7-10,15,19H,5-6,11-12,17H2,1-4H3. The molecule has 0 aliphatic rings. The van der Waals surface area contributed by atoms with E-state index in [9.17, 15) is 5.11 Å². The monoisotopic (exact) mass is 264 g/mol. The molecule has 0 aliphatic carbocycles. The first-order chi connectivity index (χ1) is 8.93. The molecule has 0 bridgehead atoms. The Morgan fingerprint density at radius 3 is 2.21 bits per heavy atom. The molecule has 19 heavy (non-hydrogen) atoms. The van der Waals surface area contributed by atoms with Gasteiger partial charge in [-0.3, -0.25) is 4.90 Å². The Morgan fingerprint density at radius 2 is 1.79 bits per heavy atom. The average Bonchev–Trinajstić information content (AvgIpc) is 2.40. The molecule has 1 atom stereocenters. The lowest BCUT2D eigenvalue weighted by Crippen LogP contribution is -2.40. The molecule has 0 spiro atoms. The highest BCUT2D eigenvalue weighted by molar-refractivity contribution is 5.28. The van der Waals surface area contributed by atoms with Crippen LogP contribution in [0.25, 0.3) is 0 Å². The molecular weight excluding hydrogens is 236 g/mol. The number of nitrogens with zero attached hydrogens (tertiary/aromatic N) is 1. The summed E-state index contributed by atoms with van der Waals surface area (Å²) in [7, 11) is 0. The van der Waals surface area contributed by atoms with Crippen LogP contribution in [0.3, 0.4) is 0 Å². The van der Waals surface area contributed by atoms with E-state index in [1.54, 1.807) is 12.1 Å². The summed E-state index contributed by atoms with van der Waals surface area (Å²) < 4.78 is 0. The van der Waals surface area contributed by atoms with Crippen LogP contribution in [0.2, 0.25) is 0 Å². The Kier molecular flexibility index (Phi) is 5.83. The fourth-order valence-electron chi connectivity index (χ4n) is 2.46. The van der Waals surface area contributed by atoms with Gasteiger partial charge in [0.1, 0.15) is 5.75 Å². The van der Waals surface area contributed by atoms with Gasteiger partial charge in [0, 0.05) is 12.6 Å². The summed E-state index contributed by atoms with van der Waals surface area (Å²) in [6.45, 7) is 11.5. The molecule has 1 unspecified atom stereocenters. The van der Waals surface area contributed by atoms with E-state index in [1.165, 1.54) is 5.56 Å². The number of hydrogen-bond acceptors (Lipinski definition) is 3. The summed E-state index contributed by atoms with van der Waals surface area (Å²) in [5.41, 5.74) is 7.23. The third kappa shape index (κ3) is 4.51. The Hall–Kier alpha value is -1.06. The molecule has 3 heteroatoms. The maximum Gasteiger partial charge on any atom is 0.115 e. The van der Waals surface area contributed by atoms with Crippen LogP contribution in [0.15, 0.2) is 24.3 Å². The fraction of sp³-hybridized carbons (Fsp3) is 0.625. The predicted molar refractivity (Wildman–Crippen MR) is 81.2 cm³/mol. The number of rotatable bonds is 7. The minimum absolute atomic E-state index is 0.125. The topological polar surface area (TPSA) is 49.5 Å². The third-order valence-corrected chi connectivity index (χ3v) is 3.70. The molecule has 108 valence electrons. The maximum absolute atomic E-state index is 9.40. The lowest BCUT2D eigenvalue weighted by Gasteiger charge is -2.36. The van der Waals surface area contributed by atoms with Crippen LogP contribution in [0.1, 0.15) is 45.7 Å². The van der Waals surface area contributed by atoms with Crippen molar-refractivity contribution in [3.63, 3.8) is 0 Å². The first-order valence-electron chi connectivity index (χ1n) is 7.16. The molecule has 1 aromatic rings. The molecule has 0 aliphatic heterocycles. The quantitative estimate of drug-likeness (QED) is 0.795. The Morgan fingerprint density at radius 1 is 1.21 bits per heavy atom. The molecule has 3 N–H and O–H groups in total. The van der Waals surface area contributed by atoms with Gasteiger partial charge in [-0.2, -0.15) is 0 Å². The first kappa shape index (κ1) is 16.0. The van der Waals surface area contributed by atoms with E-state index < -0.39 is 0 Å². The van der Waals surface area contributed by atoms with Crippen molar-refractivity contribution < 1.29 is 5.11 Å². The normalized spacial score (nSPS) is 13.8. The summed E-state index contributed by atoms with van der Waals surface area (Å²) in [6, 6.07) is 7.94. The van der Waals surface area contributed by atoms with E-state index in [-0.39, 0.29) is 5.41 Å². The van der Waals surface area contributed by atoms with E-state index in [0.29, 0.717) is 18.3 Å². The van der Waals surface area contributed by atoms with Crippen molar-refractivity contribution in [3.8, 4) is 5.75 Å². The molecule has 3 nitrogen and oxygen atoms in total. The van der Waals surface area contributed by atoms with Crippen molar-refractivity contribution in [1.29, 1.82) is 0 Å². The van der Waals surface area contributed by atoms with Crippen LogP contribution in [0.5, 0.6) is 5.75 Å². The molecule has 0 aromatic heterocycles. The highest BCUT2D eigenvalue weighted by Gasteiger charge is 2.24. The summed E-state index contributed by atoms with van der Waals surface area (Å²) in [6.07, 6.45) is 1.05. The molecular formula is C16H28N2O. The summed E-state index contributed by atoms with van der Waals surface area (Å²) in [5, 5.41) is 9.40. The minimum Gasteiger partial charge on any atom is -0.508 e. The Labute approximate surface area is 117 Å². The van der Waals surface area contributed by atoms with Gasteiger partial charge in [-0.1, -0.05) is 39.8 Å². The number of nitrogens with two attached hydrogens (primary N) is 1. The van der Waals surface area contributed by atoms with Gasteiger partial charge in [-0.15, -0.1) is 0 Å². The molecule has 0 radical (unpaired) electrons. The molecule has 0 fully saturated rings. The zero-order valence-electron chi connectivity index (χ0n) is 12.7. The lowest BCUT2D eigenvalue weighted by atomic mass is 9.91. The smallest absolute Gasteiger partial charge is 0.115 e. The van der Waals surface area contributed by atoms with Crippen LogP contribution >= 0.6 is 0 Å². The highest BCUT2D eigenvalue weighted by atomic mass is 16.3. The van der Waals surface area contributed by atoms with Gasteiger partial charge in [0.05, 0.1) is 0 Å². The van der Waals surface area contributed by atoms with E-state index in [2.05, 4.69) is 32.6 Å². The number of phenols is 1. The number of benzene rings is 1. The number of hydrogen-bond donors (Lipinski definition) is 2. The van der Waals surface area contributed by atoms with Gasteiger partial charge in [0.2, 0.25) is 0 Å². The van der Waals surface area contributed by atoms with Crippen LogP contribution in [0.4, 0.5) is 0 Å². The first-order valence-corrected chi connectivity index (χ1v) is 7.16. The maximum atomic E-state index is 9.40. The molecule has 0 saturated heterocycles. The van der Waals surface area contributed by atoms with Gasteiger partial charge in [0.15, 0.2) is 0 Å². The predicted octanol–water partition coefficient (Wildman–Crippen LogP) is 3.15. The molecule has 0 amide bonds. The van der Waals surface area contributed by atoms with Gasteiger partial charge < -0.3 is 10.8 Å². The summed E-state index contributed by atoms with van der Waals surface area (Å²) >= 11 is 0. The number of phenolic OH excluding ortho intramolecular Hbond substituents is 1. The zero-order valence-corrected chi connectivity index (χ0v) is 12.7. The Balaban J connectivity index is 2.89. The van der Waals surface area contributed by atoms with Crippen LogP contribution in [0, 0.1) is 5.41 Å². The van der Waals surface area contributed by atoms with Gasteiger partial charge >= 0.3 is 0 Å².